The number of benzene rings is 1. The van der Waals surface area contributed by atoms with Crippen LogP contribution in [-0.4, -0.2) is 0 Å². The number of hydrogen-bond acceptors (Lipinski definition) is 0. The molecule has 2 heteroatoms. The first-order chi connectivity index (χ1) is 5.77. The summed E-state index contributed by atoms with van der Waals surface area (Å²) in [6.45, 7) is 0. The van der Waals surface area contributed by atoms with Gasteiger partial charge in [0.1, 0.15) is 0 Å². The van der Waals surface area contributed by atoms with E-state index in [0.717, 1.165) is 17.0 Å². The molecule has 0 atom stereocenters. The van der Waals surface area contributed by atoms with E-state index in [0.29, 0.717) is 5.02 Å². The van der Waals surface area contributed by atoms with Gasteiger partial charge in [0.2, 0.25) is 0 Å². The first-order valence-electron chi connectivity index (χ1n) is 3.92. The Morgan fingerprint density at radius 1 is 1.17 bits per heavy atom. The van der Waals surface area contributed by atoms with Gasteiger partial charge in [-0.25, -0.2) is 0 Å². The van der Waals surface area contributed by atoms with E-state index in [4.69, 9.17) is 23.2 Å². The third kappa shape index (κ3) is 1.37. The van der Waals surface area contributed by atoms with Gasteiger partial charge in [0, 0.05) is 10.0 Å². The van der Waals surface area contributed by atoms with Crippen molar-refractivity contribution in [3.63, 3.8) is 0 Å². The van der Waals surface area contributed by atoms with Crippen LogP contribution in [0.1, 0.15) is 18.4 Å². The second kappa shape index (κ2) is 3.12. The van der Waals surface area contributed by atoms with Crippen molar-refractivity contribution >= 4 is 28.8 Å². The third-order valence-electron chi connectivity index (χ3n) is 2.08. The van der Waals surface area contributed by atoms with E-state index in [-0.39, 0.29) is 0 Å². The van der Waals surface area contributed by atoms with Crippen LogP contribution in [0.5, 0.6) is 0 Å². The van der Waals surface area contributed by atoms with Gasteiger partial charge in [-0.15, -0.1) is 0 Å². The van der Waals surface area contributed by atoms with Gasteiger partial charge in [-0.3, -0.25) is 0 Å². The van der Waals surface area contributed by atoms with E-state index in [2.05, 4.69) is 6.08 Å². The molecule has 1 aromatic rings. The highest BCUT2D eigenvalue weighted by Gasteiger charge is 2.11. The molecule has 0 nitrogen and oxygen atoms in total. The smallest absolute Gasteiger partial charge is 0.0495 e. The Bertz CT molecular complexity index is 340. The fourth-order valence-electron chi connectivity index (χ4n) is 1.28. The van der Waals surface area contributed by atoms with Crippen molar-refractivity contribution in [1.29, 1.82) is 0 Å². The zero-order valence-electron chi connectivity index (χ0n) is 6.48. The minimum absolute atomic E-state index is 0.698. The second-order valence-corrected chi connectivity index (χ2v) is 3.74. The SMILES string of the molecule is Clc1ccc(C2=CCC2)c(Cl)c1. The normalized spacial score (nSPS) is 15.3. The molecule has 0 saturated carbocycles. The predicted octanol–water partition coefficient (Wildman–Crippen LogP) is 4.17. The Morgan fingerprint density at radius 3 is 2.42 bits per heavy atom. The Balaban J connectivity index is 2.44. The van der Waals surface area contributed by atoms with Crippen LogP contribution in [-0.2, 0) is 0 Å². The van der Waals surface area contributed by atoms with Crippen molar-refractivity contribution in [3.8, 4) is 0 Å². The van der Waals surface area contributed by atoms with Gasteiger partial charge in [0.25, 0.3) is 0 Å². The average Bonchev–Trinajstić information content (AvgIpc) is 1.91. The quantitative estimate of drug-likeness (QED) is 0.636. The Kier molecular flexibility index (Phi) is 2.12. The molecule has 0 radical (unpaired) electrons. The lowest BCUT2D eigenvalue weighted by atomic mass is 9.92. The van der Waals surface area contributed by atoms with Crippen LogP contribution in [0.15, 0.2) is 24.3 Å². The number of rotatable bonds is 1. The summed E-state index contributed by atoms with van der Waals surface area (Å²) in [6, 6.07) is 5.65. The van der Waals surface area contributed by atoms with E-state index in [1.165, 1.54) is 12.0 Å². The topological polar surface area (TPSA) is 0 Å². The van der Waals surface area contributed by atoms with E-state index < -0.39 is 0 Å². The number of halogens is 2. The lowest BCUT2D eigenvalue weighted by Crippen LogP contribution is -1.93. The predicted molar refractivity (Wildman–Crippen MR) is 53.7 cm³/mol. The Labute approximate surface area is 81.8 Å². The summed E-state index contributed by atoms with van der Waals surface area (Å²) in [6.07, 6.45) is 4.52. The van der Waals surface area contributed by atoms with Crippen LogP contribution >= 0.6 is 23.2 Å². The van der Waals surface area contributed by atoms with Gasteiger partial charge in [-0.05, 0) is 36.1 Å². The summed E-state index contributed by atoms with van der Waals surface area (Å²) in [4.78, 5) is 0. The van der Waals surface area contributed by atoms with Crippen LogP contribution in [0.3, 0.4) is 0 Å². The minimum Gasteiger partial charge on any atom is -0.0843 e. The lowest BCUT2D eigenvalue weighted by molar-refractivity contribution is 0.988. The molecule has 1 aromatic carbocycles. The summed E-state index contributed by atoms with van der Waals surface area (Å²) >= 11 is 11.8. The fraction of sp³-hybridized carbons (Fsp3) is 0.200. The van der Waals surface area contributed by atoms with Crippen LogP contribution in [0, 0.1) is 0 Å². The van der Waals surface area contributed by atoms with Gasteiger partial charge < -0.3 is 0 Å². The van der Waals surface area contributed by atoms with Gasteiger partial charge >= 0.3 is 0 Å². The number of allylic oxidation sites excluding steroid dienone is 2. The fourth-order valence-corrected chi connectivity index (χ4v) is 1.81. The maximum absolute atomic E-state index is 6.01. The maximum Gasteiger partial charge on any atom is 0.0495 e. The van der Waals surface area contributed by atoms with E-state index >= 15 is 0 Å². The summed E-state index contributed by atoms with van der Waals surface area (Å²) in [7, 11) is 0. The van der Waals surface area contributed by atoms with Gasteiger partial charge in [0.15, 0.2) is 0 Å². The van der Waals surface area contributed by atoms with E-state index in [1.807, 2.05) is 12.1 Å². The first-order valence-corrected chi connectivity index (χ1v) is 4.67. The molecule has 0 aromatic heterocycles. The lowest BCUT2D eigenvalue weighted by Gasteiger charge is -2.15. The monoisotopic (exact) mass is 198 g/mol. The third-order valence-corrected chi connectivity index (χ3v) is 2.63. The Morgan fingerprint density at radius 2 is 1.92 bits per heavy atom. The van der Waals surface area contributed by atoms with Crippen molar-refractivity contribution in [2.45, 2.75) is 12.8 Å². The highest BCUT2D eigenvalue weighted by atomic mass is 35.5. The molecule has 0 N–H and O–H groups in total. The summed E-state index contributed by atoms with van der Waals surface area (Å²) in [5.74, 6) is 0. The maximum atomic E-state index is 6.01. The first kappa shape index (κ1) is 8.15. The molecule has 0 saturated heterocycles. The van der Waals surface area contributed by atoms with Crippen molar-refractivity contribution in [3.05, 3.63) is 39.9 Å². The molecule has 2 rings (SSSR count). The molecule has 0 aliphatic heterocycles. The molecule has 0 amide bonds. The molecule has 1 aliphatic rings. The zero-order valence-corrected chi connectivity index (χ0v) is 7.99. The van der Waals surface area contributed by atoms with Crippen molar-refractivity contribution in [2.24, 2.45) is 0 Å². The van der Waals surface area contributed by atoms with Crippen LogP contribution < -0.4 is 0 Å². The molecule has 0 heterocycles. The van der Waals surface area contributed by atoms with Crippen LogP contribution in [0.2, 0.25) is 10.0 Å². The van der Waals surface area contributed by atoms with E-state index in [1.54, 1.807) is 6.07 Å². The molecular formula is C10H8Cl2. The van der Waals surface area contributed by atoms with Gasteiger partial charge in [-0.2, -0.15) is 0 Å². The van der Waals surface area contributed by atoms with Crippen LogP contribution in [0.4, 0.5) is 0 Å². The zero-order chi connectivity index (χ0) is 8.55. The summed E-state index contributed by atoms with van der Waals surface area (Å²) < 4.78 is 0. The number of hydrogen-bond donors (Lipinski definition) is 0. The van der Waals surface area contributed by atoms with Gasteiger partial charge in [-0.1, -0.05) is 35.3 Å². The van der Waals surface area contributed by atoms with Gasteiger partial charge in [0.05, 0.1) is 0 Å². The van der Waals surface area contributed by atoms with E-state index in [9.17, 15) is 0 Å². The standard InChI is InChI=1S/C10H8Cl2/c11-8-4-5-9(10(12)6-8)7-2-1-3-7/h2,4-6H,1,3H2. The molecule has 0 unspecified atom stereocenters. The highest BCUT2D eigenvalue weighted by molar-refractivity contribution is 6.35. The largest absolute Gasteiger partial charge is 0.0843 e. The molecule has 1 aliphatic carbocycles. The molecule has 0 bridgehead atoms. The molecular weight excluding hydrogens is 191 g/mol. The molecule has 62 valence electrons. The van der Waals surface area contributed by atoms with Crippen LogP contribution in [0.25, 0.3) is 5.57 Å². The summed E-state index contributed by atoms with van der Waals surface area (Å²) in [5.41, 5.74) is 2.48. The van der Waals surface area contributed by atoms with Crippen molar-refractivity contribution < 1.29 is 0 Å². The van der Waals surface area contributed by atoms with Crippen molar-refractivity contribution in [2.75, 3.05) is 0 Å². The minimum atomic E-state index is 0.698. The second-order valence-electron chi connectivity index (χ2n) is 2.89. The highest BCUT2D eigenvalue weighted by Crippen LogP contribution is 2.34. The molecule has 0 spiro atoms. The Hall–Kier alpha value is -0.460. The summed E-state index contributed by atoms with van der Waals surface area (Å²) in [5, 5.41) is 1.46. The molecule has 0 fully saturated rings. The molecule has 12 heavy (non-hydrogen) atoms. The average molecular weight is 199 g/mol. The van der Waals surface area contributed by atoms with Crippen molar-refractivity contribution in [1.82, 2.24) is 0 Å².